The molecule has 1 aromatic carbocycles. The second-order valence-corrected chi connectivity index (χ2v) is 9.19. The van der Waals surface area contributed by atoms with Crippen LogP contribution in [0.4, 0.5) is 0 Å². The highest BCUT2D eigenvalue weighted by molar-refractivity contribution is 7.84. The van der Waals surface area contributed by atoms with Gasteiger partial charge in [0.15, 0.2) is 5.96 Å². The lowest BCUT2D eigenvalue weighted by molar-refractivity contribution is 0.216. The Morgan fingerprint density at radius 1 is 1.24 bits per heavy atom. The normalized spacial score (nSPS) is 19.4. The van der Waals surface area contributed by atoms with E-state index in [9.17, 15) is 4.21 Å². The molecule has 0 radical (unpaired) electrons. The van der Waals surface area contributed by atoms with Crippen LogP contribution in [0.5, 0.6) is 0 Å². The summed E-state index contributed by atoms with van der Waals surface area (Å²) in [6, 6.07) is 10.5. The molecule has 25 heavy (non-hydrogen) atoms. The summed E-state index contributed by atoms with van der Waals surface area (Å²) in [6.07, 6.45) is 4.89. The van der Waals surface area contributed by atoms with E-state index in [1.54, 1.807) is 0 Å². The molecule has 1 atom stereocenters. The number of benzene rings is 1. The predicted octanol–water partition coefficient (Wildman–Crippen LogP) is 3.46. The van der Waals surface area contributed by atoms with Gasteiger partial charge in [-0.15, -0.1) is 0 Å². The van der Waals surface area contributed by atoms with E-state index >= 15 is 0 Å². The van der Waals surface area contributed by atoms with Gasteiger partial charge in [0.2, 0.25) is 0 Å². The second kappa shape index (κ2) is 9.95. The van der Waals surface area contributed by atoms with E-state index in [0.29, 0.717) is 29.5 Å². The minimum absolute atomic E-state index is 0.474. The van der Waals surface area contributed by atoms with Gasteiger partial charge in [-0.05, 0) is 43.6 Å². The van der Waals surface area contributed by atoms with Crippen LogP contribution in [0.2, 0.25) is 0 Å². The summed E-state index contributed by atoms with van der Waals surface area (Å²) in [4.78, 5) is 4.63. The summed E-state index contributed by atoms with van der Waals surface area (Å²) in [5.74, 6) is 2.07. The van der Waals surface area contributed by atoms with Crippen LogP contribution in [0.1, 0.15) is 52.0 Å². The van der Waals surface area contributed by atoms with E-state index in [0.717, 1.165) is 18.1 Å². The van der Waals surface area contributed by atoms with Gasteiger partial charge in [0.1, 0.15) is 0 Å². The highest BCUT2D eigenvalue weighted by atomic mass is 32.2. The highest BCUT2D eigenvalue weighted by Crippen LogP contribution is 2.34. The first kappa shape index (κ1) is 20.0. The van der Waals surface area contributed by atoms with Gasteiger partial charge >= 0.3 is 0 Å². The Morgan fingerprint density at radius 3 is 2.56 bits per heavy atom. The molecular weight excluding hydrogens is 330 g/mol. The van der Waals surface area contributed by atoms with Crippen molar-refractivity contribution >= 4 is 16.8 Å². The first-order chi connectivity index (χ1) is 12.0. The molecule has 2 rings (SSSR count). The molecular formula is C20H33N3OS. The van der Waals surface area contributed by atoms with Crippen LogP contribution in [-0.4, -0.2) is 35.1 Å². The number of aliphatic imine (C=N–C) groups is 1. The zero-order chi connectivity index (χ0) is 18.1. The van der Waals surface area contributed by atoms with Gasteiger partial charge in [0.05, 0.1) is 6.54 Å². The van der Waals surface area contributed by atoms with E-state index in [4.69, 9.17) is 0 Å². The second-order valence-electron chi connectivity index (χ2n) is 7.62. The fourth-order valence-electron chi connectivity index (χ4n) is 3.15. The highest BCUT2D eigenvalue weighted by Gasteiger charge is 2.27. The lowest BCUT2D eigenvalue weighted by Crippen LogP contribution is -2.45. The van der Waals surface area contributed by atoms with Crippen molar-refractivity contribution in [1.29, 1.82) is 0 Å². The van der Waals surface area contributed by atoms with Gasteiger partial charge in [-0.2, -0.15) is 0 Å². The van der Waals surface area contributed by atoms with Gasteiger partial charge in [-0.1, -0.05) is 44.2 Å². The Morgan fingerprint density at radius 2 is 1.92 bits per heavy atom. The largest absolute Gasteiger partial charge is 0.357 e. The number of nitrogens with zero attached hydrogens (tertiary/aromatic N) is 1. The first-order valence-corrected chi connectivity index (χ1v) is 10.9. The minimum Gasteiger partial charge on any atom is -0.357 e. The zero-order valence-electron chi connectivity index (χ0n) is 15.9. The van der Waals surface area contributed by atoms with Crippen LogP contribution in [-0.2, 0) is 16.6 Å². The number of nitrogens with one attached hydrogen (secondary N) is 2. The maximum Gasteiger partial charge on any atom is 0.191 e. The average molecular weight is 364 g/mol. The molecule has 1 unspecified atom stereocenters. The van der Waals surface area contributed by atoms with Crippen molar-refractivity contribution < 1.29 is 4.21 Å². The molecule has 1 fully saturated rings. The van der Waals surface area contributed by atoms with Crippen molar-refractivity contribution in [2.75, 3.05) is 18.8 Å². The van der Waals surface area contributed by atoms with Gasteiger partial charge in [-0.3, -0.25) is 9.20 Å². The summed E-state index contributed by atoms with van der Waals surface area (Å²) in [6.45, 7) is 8.22. The van der Waals surface area contributed by atoms with Crippen molar-refractivity contribution in [3.8, 4) is 0 Å². The summed E-state index contributed by atoms with van der Waals surface area (Å²) >= 11 is 0. The topological polar surface area (TPSA) is 53.5 Å². The lowest BCUT2D eigenvalue weighted by atomic mass is 9.75. The molecule has 0 amide bonds. The maximum absolute atomic E-state index is 12.2. The smallest absolute Gasteiger partial charge is 0.191 e. The quantitative estimate of drug-likeness (QED) is 0.576. The third-order valence-corrected chi connectivity index (χ3v) is 6.08. The minimum atomic E-state index is -0.871. The molecule has 1 aromatic rings. The Balaban J connectivity index is 1.78. The molecule has 1 saturated carbocycles. The van der Waals surface area contributed by atoms with Crippen molar-refractivity contribution in [2.24, 2.45) is 10.4 Å². The molecule has 0 aromatic heterocycles. The van der Waals surface area contributed by atoms with Crippen LogP contribution < -0.4 is 10.6 Å². The molecule has 5 heteroatoms. The van der Waals surface area contributed by atoms with Gasteiger partial charge < -0.3 is 10.6 Å². The Labute approximate surface area is 155 Å². The number of hydrogen-bond donors (Lipinski definition) is 2. The molecule has 4 nitrogen and oxygen atoms in total. The molecule has 0 saturated heterocycles. The number of rotatable bonds is 7. The van der Waals surface area contributed by atoms with Crippen LogP contribution in [0, 0.1) is 5.41 Å². The number of guanidine groups is 1. The molecule has 0 aliphatic heterocycles. The number of hydrogen-bond acceptors (Lipinski definition) is 2. The molecule has 1 aliphatic rings. The van der Waals surface area contributed by atoms with E-state index in [1.165, 1.54) is 25.7 Å². The average Bonchev–Trinajstić information content (AvgIpc) is 2.58. The molecule has 1 aliphatic carbocycles. The van der Waals surface area contributed by atoms with Crippen LogP contribution in [0.25, 0.3) is 0 Å². The third-order valence-electron chi connectivity index (χ3n) is 4.78. The SMILES string of the molecule is CCNC(=NCCS(=O)Cc1ccccc1)NC1CCC(C)(C)CC1. The summed E-state index contributed by atoms with van der Waals surface area (Å²) in [7, 11) is -0.871. The van der Waals surface area contributed by atoms with Gasteiger partial charge in [0.25, 0.3) is 0 Å². The summed E-state index contributed by atoms with van der Waals surface area (Å²) < 4.78 is 12.2. The Kier molecular flexibility index (Phi) is 7.94. The van der Waals surface area contributed by atoms with E-state index < -0.39 is 10.8 Å². The van der Waals surface area contributed by atoms with E-state index in [1.807, 2.05) is 30.3 Å². The van der Waals surface area contributed by atoms with Crippen LogP contribution in [0.15, 0.2) is 35.3 Å². The molecule has 0 spiro atoms. The summed E-state index contributed by atoms with van der Waals surface area (Å²) in [5, 5.41) is 6.87. The van der Waals surface area contributed by atoms with E-state index in [2.05, 4.69) is 36.4 Å². The standard InChI is InChI=1S/C20H33N3OS/c1-4-21-19(23-18-10-12-20(2,3)13-11-18)22-14-15-25(24)16-17-8-6-5-7-9-17/h5-9,18H,4,10-16H2,1-3H3,(H2,21,22,23). The molecule has 0 bridgehead atoms. The van der Waals surface area contributed by atoms with Crippen molar-refractivity contribution in [3.05, 3.63) is 35.9 Å². The molecule has 140 valence electrons. The summed E-state index contributed by atoms with van der Waals surface area (Å²) in [5.41, 5.74) is 1.60. The Hall–Kier alpha value is -1.36. The van der Waals surface area contributed by atoms with Gasteiger partial charge in [0, 0.05) is 34.9 Å². The molecule has 2 N–H and O–H groups in total. The third kappa shape index (κ3) is 7.59. The van der Waals surface area contributed by atoms with E-state index in [-0.39, 0.29) is 0 Å². The monoisotopic (exact) mass is 363 g/mol. The Bertz CT molecular complexity index is 562. The molecule has 0 heterocycles. The fraction of sp³-hybridized carbons (Fsp3) is 0.650. The van der Waals surface area contributed by atoms with Gasteiger partial charge in [-0.25, -0.2) is 0 Å². The maximum atomic E-state index is 12.2. The predicted molar refractivity (Wildman–Crippen MR) is 108 cm³/mol. The van der Waals surface area contributed by atoms with Crippen molar-refractivity contribution in [3.63, 3.8) is 0 Å². The van der Waals surface area contributed by atoms with Crippen LogP contribution in [0.3, 0.4) is 0 Å². The zero-order valence-corrected chi connectivity index (χ0v) is 16.7. The van der Waals surface area contributed by atoms with Crippen molar-refractivity contribution in [1.82, 2.24) is 10.6 Å². The lowest BCUT2D eigenvalue weighted by Gasteiger charge is -2.35. The van der Waals surface area contributed by atoms with Crippen molar-refractivity contribution in [2.45, 2.75) is 58.2 Å². The van der Waals surface area contributed by atoms with Crippen LogP contribution >= 0.6 is 0 Å². The first-order valence-electron chi connectivity index (χ1n) is 9.42. The fourth-order valence-corrected chi connectivity index (χ4v) is 4.15.